The number of carbonyl (C=O) groups excluding carboxylic acids is 1. The molecule has 0 aliphatic rings. The minimum absolute atomic E-state index is 0.0754. The number of rotatable bonds is 6. The highest BCUT2D eigenvalue weighted by Gasteiger charge is 2.15. The molecule has 7 heteroatoms. The van der Waals surface area contributed by atoms with Gasteiger partial charge in [-0.15, -0.1) is 0 Å². The van der Waals surface area contributed by atoms with E-state index in [0.717, 1.165) is 29.9 Å². The van der Waals surface area contributed by atoms with Crippen LogP contribution in [0.5, 0.6) is 0 Å². The molecule has 0 saturated heterocycles. The summed E-state index contributed by atoms with van der Waals surface area (Å²) in [5.74, 6) is 0.770. The lowest BCUT2D eigenvalue weighted by atomic mass is 10.1. The second kappa shape index (κ2) is 6.76. The maximum atomic E-state index is 12.0. The van der Waals surface area contributed by atoms with E-state index in [1.54, 1.807) is 17.8 Å². The summed E-state index contributed by atoms with van der Waals surface area (Å²) < 4.78 is 6.66. The summed E-state index contributed by atoms with van der Waals surface area (Å²) in [5, 5.41) is 11.4. The fourth-order valence-electron chi connectivity index (χ4n) is 2.13. The van der Waals surface area contributed by atoms with Crippen LogP contribution in [0.4, 0.5) is 0 Å². The van der Waals surface area contributed by atoms with Gasteiger partial charge in [0.2, 0.25) is 5.91 Å². The zero-order valence-corrected chi connectivity index (χ0v) is 13.1. The van der Waals surface area contributed by atoms with Gasteiger partial charge >= 0.3 is 0 Å². The Kier molecular flexibility index (Phi) is 5.01. The maximum absolute atomic E-state index is 12.0. The summed E-state index contributed by atoms with van der Waals surface area (Å²) in [6, 6.07) is -0.378. The number of hydrogen-bond donors (Lipinski definition) is 1. The van der Waals surface area contributed by atoms with Crippen molar-refractivity contribution in [3.05, 3.63) is 34.4 Å². The molecule has 1 amide bonds. The molecule has 0 spiro atoms. The molecule has 114 valence electrons. The molecular weight excluding hydrogens is 292 g/mol. The summed E-state index contributed by atoms with van der Waals surface area (Å²) in [6.45, 7) is 6.21. The van der Waals surface area contributed by atoms with Gasteiger partial charge < -0.3 is 9.84 Å². The lowest BCUT2D eigenvalue weighted by Gasteiger charge is -2.12. The Morgan fingerprint density at radius 3 is 2.86 bits per heavy atom. The highest BCUT2D eigenvalue weighted by molar-refractivity contribution is 6.30. The highest BCUT2D eigenvalue weighted by Crippen LogP contribution is 2.14. The average molecular weight is 311 g/mol. The normalized spacial score (nSPS) is 12.4. The van der Waals surface area contributed by atoms with E-state index in [1.807, 2.05) is 13.8 Å². The SMILES string of the molecule is Cc1noc(C)c1CCCNC(=O)C(C)n1cc(Cl)cn1. The van der Waals surface area contributed by atoms with E-state index in [9.17, 15) is 4.79 Å². The third kappa shape index (κ3) is 3.85. The van der Waals surface area contributed by atoms with Crippen LogP contribution in [-0.4, -0.2) is 27.4 Å². The lowest BCUT2D eigenvalue weighted by molar-refractivity contribution is -0.124. The van der Waals surface area contributed by atoms with Gasteiger partial charge in [0.05, 0.1) is 16.9 Å². The number of aromatic nitrogens is 3. The first-order valence-electron chi connectivity index (χ1n) is 6.88. The summed E-state index contributed by atoms with van der Waals surface area (Å²) in [6.07, 6.45) is 4.82. The molecule has 0 fully saturated rings. The van der Waals surface area contributed by atoms with E-state index in [1.165, 1.54) is 6.20 Å². The fourth-order valence-corrected chi connectivity index (χ4v) is 2.27. The first-order chi connectivity index (χ1) is 9.99. The summed E-state index contributed by atoms with van der Waals surface area (Å²) in [7, 11) is 0. The number of nitrogens with one attached hydrogen (secondary N) is 1. The Bertz CT molecular complexity index is 601. The molecule has 0 aromatic carbocycles. The Hall–Kier alpha value is -1.82. The lowest BCUT2D eigenvalue weighted by Crippen LogP contribution is -2.32. The van der Waals surface area contributed by atoms with Crippen LogP contribution in [0.2, 0.25) is 5.02 Å². The third-order valence-corrected chi connectivity index (χ3v) is 3.63. The van der Waals surface area contributed by atoms with Crippen molar-refractivity contribution in [3.8, 4) is 0 Å². The molecule has 1 unspecified atom stereocenters. The van der Waals surface area contributed by atoms with Crippen molar-refractivity contribution in [2.75, 3.05) is 6.54 Å². The van der Waals surface area contributed by atoms with Gasteiger partial charge in [0.1, 0.15) is 11.8 Å². The van der Waals surface area contributed by atoms with Crippen LogP contribution in [0.25, 0.3) is 0 Å². The molecule has 0 aliphatic heterocycles. The van der Waals surface area contributed by atoms with Crippen molar-refractivity contribution < 1.29 is 9.32 Å². The van der Waals surface area contributed by atoms with Gasteiger partial charge in [0.25, 0.3) is 0 Å². The number of amides is 1. The number of nitrogens with zero attached hydrogens (tertiary/aromatic N) is 3. The van der Waals surface area contributed by atoms with Crippen molar-refractivity contribution in [2.24, 2.45) is 0 Å². The molecule has 0 radical (unpaired) electrons. The molecular formula is C14H19ClN4O2. The second-order valence-electron chi connectivity index (χ2n) is 5.01. The van der Waals surface area contributed by atoms with Gasteiger partial charge in [-0.2, -0.15) is 5.10 Å². The monoisotopic (exact) mass is 310 g/mol. The van der Waals surface area contributed by atoms with Crippen LogP contribution in [-0.2, 0) is 11.2 Å². The Morgan fingerprint density at radius 1 is 1.52 bits per heavy atom. The quantitative estimate of drug-likeness (QED) is 0.832. The number of hydrogen-bond acceptors (Lipinski definition) is 4. The molecule has 1 N–H and O–H groups in total. The number of aryl methyl sites for hydroxylation is 2. The van der Waals surface area contributed by atoms with Crippen LogP contribution >= 0.6 is 11.6 Å². The second-order valence-corrected chi connectivity index (χ2v) is 5.45. The molecule has 2 aromatic heterocycles. The largest absolute Gasteiger partial charge is 0.361 e. The predicted octanol–water partition coefficient (Wildman–Crippen LogP) is 2.45. The van der Waals surface area contributed by atoms with E-state index in [2.05, 4.69) is 15.6 Å². The minimum atomic E-state index is -0.378. The molecule has 1 atom stereocenters. The first kappa shape index (κ1) is 15.6. The number of halogens is 1. The fraction of sp³-hybridized carbons (Fsp3) is 0.500. The predicted molar refractivity (Wildman–Crippen MR) is 79.3 cm³/mol. The Morgan fingerprint density at radius 2 is 2.29 bits per heavy atom. The van der Waals surface area contributed by atoms with E-state index >= 15 is 0 Å². The van der Waals surface area contributed by atoms with Gasteiger partial charge in [0, 0.05) is 18.3 Å². The zero-order chi connectivity index (χ0) is 15.4. The molecule has 6 nitrogen and oxygen atoms in total. The standard InChI is InChI=1S/C14H19ClN4O2/c1-9-13(11(3)21-18-9)5-4-6-16-14(20)10(2)19-8-12(15)7-17-19/h7-8,10H,4-6H2,1-3H3,(H,16,20). The van der Waals surface area contributed by atoms with Crippen LogP contribution in [0.3, 0.4) is 0 Å². The van der Waals surface area contributed by atoms with Gasteiger partial charge in [-0.3, -0.25) is 9.48 Å². The topological polar surface area (TPSA) is 73.0 Å². The van der Waals surface area contributed by atoms with E-state index < -0.39 is 0 Å². The molecule has 2 aromatic rings. The summed E-state index contributed by atoms with van der Waals surface area (Å²) in [5.41, 5.74) is 2.04. The van der Waals surface area contributed by atoms with E-state index in [4.69, 9.17) is 16.1 Å². The average Bonchev–Trinajstić information content (AvgIpc) is 3.02. The van der Waals surface area contributed by atoms with Gasteiger partial charge in [0.15, 0.2) is 0 Å². The van der Waals surface area contributed by atoms with Crippen molar-refractivity contribution in [3.63, 3.8) is 0 Å². The van der Waals surface area contributed by atoms with Crippen molar-refractivity contribution in [1.29, 1.82) is 0 Å². The van der Waals surface area contributed by atoms with Crippen molar-refractivity contribution in [2.45, 2.75) is 39.7 Å². The zero-order valence-electron chi connectivity index (χ0n) is 12.4. The van der Waals surface area contributed by atoms with Crippen LogP contribution in [0.1, 0.15) is 36.4 Å². The summed E-state index contributed by atoms with van der Waals surface area (Å²) >= 11 is 5.79. The maximum Gasteiger partial charge on any atom is 0.244 e. The van der Waals surface area contributed by atoms with Crippen LogP contribution < -0.4 is 5.32 Å². The molecule has 0 saturated carbocycles. The van der Waals surface area contributed by atoms with Crippen LogP contribution in [0, 0.1) is 13.8 Å². The minimum Gasteiger partial charge on any atom is -0.361 e. The first-order valence-corrected chi connectivity index (χ1v) is 7.26. The molecule has 21 heavy (non-hydrogen) atoms. The number of carbonyl (C=O) groups is 1. The Balaban J connectivity index is 1.77. The van der Waals surface area contributed by atoms with Crippen molar-refractivity contribution >= 4 is 17.5 Å². The van der Waals surface area contributed by atoms with E-state index in [-0.39, 0.29) is 11.9 Å². The van der Waals surface area contributed by atoms with Gasteiger partial charge in [-0.1, -0.05) is 16.8 Å². The highest BCUT2D eigenvalue weighted by atomic mass is 35.5. The van der Waals surface area contributed by atoms with Crippen LogP contribution in [0.15, 0.2) is 16.9 Å². The molecule has 2 rings (SSSR count). The molecule has 0 bridgehead atoms. The molecule has 2 heterocycles. The molecule has 0 aliphatic carbocycles. The summed E-state index contributed by atoms with van der Waals surface area (Å²) in [4.78, 5) is 12.0. The van der Waals surface area contributed by atoms with Gasteiger partial charge in [-0.05, 0) is 33.6 Å². The third-order valence-electron chi connectivity index (χ3n) is 3.43. The smallest absolute Gasteiger partial charge is 0.244 e. The van der Waals surface area contributed by atoms with E-state index in [0.29, 0.717) is 11.6 Å². The van der Waals surface area contributed by atoms with Gasteiger partial charge in [-0.25, -0.2) is 0 Å². The Labute approximate surface area is 128 Å². The van der Waals surface area contributed by atoms with Crippen molar-refractivity contribution in [1.82, 2.24) is 20.3 Å².